The first kappa shape index (κ1) is 15.8. The first-order valence-electron chi connectivity index (χ1n) is 6.06. The first-order valence-corrected chi connectivity index (χ1v) is 7.88. The minimum Gasteiger partial charge on any atom is -0.354 e. The highest BCUT2D eigenvalue weighted by Crippen LogP contribution is 2.28. The Hall–Kier alpha value is -1.63. The molecule has 4 nitrogen and oxygen atoms in total. The summed E-state index contributed by atoms with van der Waals surface area (Å²) in [6.07, 6.45) is 0. The van der Waals surface area contributed by atoms with Crippen LogP contribution in [-0.2, 0) is 10.0 Å². The highest BCUT2D eigenvalue weighted by molar-refractivity contribution is 7.89. The molecular formula is C14H14ClFN2O2S. The minimum atomic E-state index is -3.58. The summed E-state index contributed by atoms with van der Waals surface area (Å²) in [6.45, 7) is 0. The average Bonchev–Trinajstić information content (AvgIpc) is 2.43. The smallest absolute Gasteiger partial charge is 0.244 e. The van der Waals surface area contributed by atoms with Gasteiger partial charge in [-0.2, -0.15) is 0 Å². The number of hydrogen-bond acceptors (Lipinski definition) is 3. The van der Waals surface area contributed by atoms with Crippen LogP contribution in [0.1, 0.15) is 0 Å². The zero-order valence-electron chi connectivity index (χ0n) is 11.5. The molecule has 21 heavy (non-hydrogen) atoms. The standard InChI is InChI=1S/C14H14ClFN2O2S/c1-18(2)21(19,20)14-6-4-3-5-13(14)17-10-7-8-12(16)11(15)9-10/h3-9,17H,1-2H3. The largest absolute Gasteiger partial charge is 0.354 e. The number of hydrogen-bond donors (Lipinski definition) is 1. The van der Waals surface area contributed by atoms with Crippen molar-refractivity contribution in [2.45, 2.75) is 4.90 Å². The molecule has 0 saturated heterocycles. The van der Waals surface area contributed by atoms with E-state index in [1.54, 1.807) is 18.2 Å². The third-order valence-electron chi connectivity index (χ3n) is 2.84. The van der Waals surface area contributed by atoms with Crippen LogP contribution in [0, 0.1) is 5.82 Å². The predicted octanol–water partition coefficient (Wildman–Crippen LogP) is 3.47. The Morgan fingerprint density at radius 1 is 1.14 bits per heavy atom. The number of rotatable bonds is 4. The summed E-state index contributed by atoms with van der Waals surface area (Å²) in [6, 6.07) is 10.6. The normalized spacial score (nSPS) is 11.7. The van der Waals surface area contributed by atoms with Crippen LogP contribution in [0.3, 0.4) is 0 Å². The molecule has 0 aliphatic carbocycles. The number of para-hydroxylation sites is 1. The Morgan fingerprint density at radius 3 is 2.43 bits per heavy atom. The van der Waals surface area contributed by atoms with E-state index in [9.17, 15) is 12.8 Å². The maximum absolute atomic E-state index is 13.1. The van der Waals surface area contributed by atoms with Gasteiger partial charge in [0.05, 0.1) is 10.7 Å². The second-order valence-electron chi connectivity index (χ2n) is 4.54. The molecule has 0 spiro atoms. The Bertz CT molecular complexity index is 763. The molecule has 0 radical (unpaired) electrons. The van der Waals surface area contributed by atoms with Gasteiger partial charge in [0.15, 0.2) is 0 Å². The van der Waals surface area contributed by atoms with Gasteiger partial charge in [0.2, 0.25) is 10.0 Å². The van der Waals surface area contributed by atoms with Crippen molar-refractivity contribution in [1.82, 2.24) is 4.31 Å². The minimum absolute atomic E-state index is 0.0343. The van der Waals surface area contributed by atoms with E-state index in [1.807, 2.05) is 0 Å². The molecule has 0 aromatic heterocycles. The summed E-state index contributed by atoms with van der Waals surface area (Å²) in [5.74, 6) is -0.531. The van der Waals surface area contributed by atoms with Gasteiger partial charge < -0.3 is 5.32 Å². The second-order valence-corrected chi connectivity index (χ2v) is 7.06. The third-order valence-corrected chi connectivity index (χ3v) is 5.01. The average molecular weight is 329 g/mol. The molecular weight excluding hydrogens is 315 g/mol. The lowest BCUT2D eigenvalue weighted by Crippen LogP contribution is -2.23. The van der Waals surface area contributed by atoms with Crippen LogP contribution in [0.15, 0.2) is 47.4 Å². The summed E-state index contributed by atoms with van der Waals surface area (Å²) >= 11 is 5.72. The maximum Gasteiger partial charge on any atom is 0.244 e. The Kier molecular flexibility index (Phi) is 4.51. The summed E-state index contributed by atoms with van der Waals surface area (Å²) in [4.78, 5) is 0.135. The van der Waals surface area contributed by atoms with Crippen molar-refractivity contribution in [3.8, 4) is 0 Å². The van der Waals surface area contributed by atoms with Gasteiger partial charge in [-0.3, -0.25) is 0 Å². The van der Waals surface area contributed by atoms with E-state index in [2.05, 4.69) is 5.32 Å². The van der Waals surface area contributed by atoms with Crippen LogP contribution >= 0.6 is 11.6 Å². The zero-order chi connectivity index (χ0) is 15.6. The lowest BCUT2D eigenvalue weighted by atomic mass is 10.2. The number of benzene rings is 2. The maximum atomic E-state index is 13.1. The lowest BCUT2D eigenvalue weighted by molar-refractivity contribution is 0.521. The number of halogens is 2. The molecule has 0 atom stereocenters. The van der Waals surface area contributed by atoms with Gasteiger partial charge in [0.25, 0.3) is 0 Å². The fourth-order valence-electron chi connectivity index (χ4n) is 1.72. The molecule has 1 N–H and O–H groups in total. The van der Waals surface area contributed by atoms with Crippen LogP contribution in [-0.4, -0.2) is 26.8 Å². The zero-order valence-corrected chi connectivity index (χ0v) is 13.0. The monoisotopic (exact) mass is 328 g/mol. The van der Waals surface area contributed by atoms with E-state index >= 15 is 0 Å². The summed E-state index contributed by atoms with van der Waals surface area (Å²) < 4.78 is 38.8. The molecule has 0 aliphatic heterocycles. The van der Waals surface area contributed by atoms with Crippen molar-refractivity contribution in [3.63, 3.8) is 0 Å². The summed E-state index contributed by atoms with van der Waals surface area (Å²) in [5, 5.41) is 2.91. The van der Waals surface area contributed by atoms with Crippen LogP contribution in [0.25, 0.3) is 0 Å². The van der Waals surface area contributed by atoms with E-state index in [-0.39, 0.29) is 9.92 Å². The molecule has 2 aromatic rings. The van der Waals surface area contributed by atoms with Gasteiger partial charge in [-0.1, -0.05) is 23.7 Å². The lowest BCUT2D eigenvalue weighted by Gasteiger charge is -2.16. The molecule has 0 unspecified atom stereocenters. The fraction of sp³-hybridized carbons (Fsp3) is 0.143. The quantitative estimate of drug-likeness (QED) is 0.935. The summed E-state index contributed by atoms with van der Waals surface area (Å²) in [7, 11) is -0.664. The molecule has 0 aliphatic rings. The Balaban J connectivity index is 2.44. The van der Waals surface area contributed by atoms with Gasteiger partial charge >= 0.3 is 0 Å². The number of sulfonamides is 1. The SMILES string of the molecule is CN(C)S(=O)(=O)c1ccccc1Nc1ccc(F)c(Cl)c1. The highest BCUT2D eigenvalue weighted by Gasteiger charge is 2.20. The number of nitrogens with zero attached hydrogens (tertiary/aromatic N) is 1. The first-order chi connectivity index (χ1) is 9.82. The Morgan fingerprint density at radius 2 is 1.81 bits per heavy atom. The van der Waals surface area contributed by atoms with Crippen molar-refractivity contribution >= 4 is 33.0 Å². The van der Waals surface area contributed by atoms with Crippen molar-refractivity contribution in [2.75, 3.05) is 19.4 Å². The highest BCUT2D eigenvalue weighted by atomic mass is 35.5. The van der Waals surface area contributed by atoms with E-state index in [4.69, 9.17) is 11.6 Å². The van der Waals surface area contributed by atoms with Gasteiger partial charge in [0.1, 0.15) is 10.7 Å². The number of nitrogens with one attached hydrogen (secondary N) is 1. The van der Waals surface area contributed by atoms with Crippen molar-refractivity contribution in [3.05, 3.63) is 53.3 Å². The van der Waals surface area contributed by atoms with Gasteiger partial charge in [-0.05, 0) is 30.3 Å². The summed E-state index contributed by atoms with van der Waals surface area (Å²) in [5.41, 5.74) is 0.900. The van der Waals surface area contributed by atoms with Crippen molar-refractivity contribution in [2.24, 2.45) is 0 Å². The fourth-order valence-corrected chi connectivity index (χ4v) is 2.94. The van der Waals surface area contributed by atoms with E-state index in [0.29, 0.717) is 11.4 Å². The Labute approximate surface area is 128 Å². The molecule has 7 heteroatoms. The molecule has 0 bridgehead atoms. The molecule has 0 heterocycles. The van der Waals surface area contributed by atoms with Gasteiger partial charge in [-0.15, -0.1) is 0 Å². The molecule has 0 saturated carbocycles. The van der Waals surface area contributed by atoms with Crippen molar-refractivity contribution in [1.29, 1.82) is 0 Å². The van der Waals surface area contributed by atoms with Crippen LogP contribution < -0.4 is 5.32 Å². The topological polar surface area (TPSA) is 49.4 Å². The van der Waals surface area contributed by atoms with Crippen LogP contribution in [0.4, 0.5) is 15.8 Å². The molecule has 112 valence electrons. The predicted molar refractivity (Wildman–Crippen MR) is 82.0 cm³/mol. The number of anilines is 2. The molecule has 2 aromatic carbocycles. The van der Waals surface area contributed by atoms with Gasteiger partial charge in [-0.25, -0.2) is 17.1 Å². The van der Waals surface area contributed by atoms with E-state index in [0.717, 1.165) is 4.31 Å². The molecule has 2 rings (SSSR count). The van der Waals surface area contributed by atoms with Crippen LogP contribution in [0.5, 0.6) is 0 Å². The van der Waals surface area contributed by atoms with Crippen molar-refractivity contribution < 1.29 is 12.8 Å². The third kappa shape index (κ3) is 3.34. The molecule has 0 amide bonds. The van der Waals surface area contributed by atoms with E-state index in [1.165, 1.54) is 38.4 Å². The molecule has 0 fully saturated rings. The van der Waals surface area contributed by atoms with E-state index < -0.39 is 15.8 Å². The van der Waals surface area contributed by atoms with Gasteiger partial charge in [0, 0.05) is 19.8 Å². The second kappa shape index (κ2) is 6.01. The van der Waals surface area contributed by atoms with Crippen LogP contribution in [0.2, 0.25) is 5.02 Å².